The van der Waals surface area contributed by atoms with Gasteiger partial charge in [-0.1, -0.05) is 19.9 Å². The zero-order valence-electron chi connectivity index (χ0n) is 19.6. The van der Waals surface area contributed by atoms with Crippen molar-refractivity contribution in [2.45, 2.75) is 45.6 Å². The molecule has 34 heavy (non-hydrogen) atoms. The molecule has 0 aliphatic heterocycles. The molecule has 176 valence electrons. The highest BCUT2D eigenvalue weighted by molar-refractivity contribution is 7.15. The molecule has 2 aromatic heterocycles. The average molecular weight is 478 g/mol. The molecular weight excluding hydrogens is 450 g/mol. The fourth-order valence-corrected chi connectivity index (χ4v) is 5.75. The van der Waals surface area contributed by atoms with Gasteiger partial charge in [0, 0.05) is 18.1 Å². The SMILES string of the molecule is COC(=O)[C@H]1CC[C@](O)(c2ncc(-c3cc(C)cc(Nc4nccc(C#N)n4)c3)s2)CC1(C)C. The Morgan fingerprint density at radius 1 is 1.32 bits per heavy atom. The summed E-state index contributed by atoms with van der Waals surface area (Å²) in [7, 11) is 1.41. The maximum absolute atomic E-state index is 12.2. The second-order valence-corrected chi connectivity index (χ2v) is 10.5. The van der Waals surface area contributed by atoms with Crippen LogP contribution in [0, 0.1) is 29.6 Å². The van der Waals surface area contributed by atoms with Gasteiger partial charge in [-0.25, -0.2) is 15.0 Å². The van der Waals surface area contributed by atoms with E-state index >= 15 is 0 Å². The molecule has 1 fully saturated rings. The number of benzene rings is 1. The monoisotopic (exact) mass is 477 g/mol. The van der Waals surface area contributed by atoms with Crippen LogP contribution in [0.4, 0.5) is 11.6 Å². The van der Waals surface area contributed by atoms with Crippen LogP contribution in [0.5, 0.6) is 0 Å². The molecule has 0 radical (unpaired) electrons. The second-order valence-electron chi connectivity index (χ2n) is 9.43. The second kappa shape index (κ2) is 9.12. The minimum atomic E-state index is -1.09. The molecule has 9 heteroatoms. The van der Waals surface area contributed by atoms with Gasteiger partial charge in [0.25, 0.3) is 0 Å². The molecule has 1 aromatic carbocycles. The van der Waals surface area contributed by atoms with Crippen molar-refractivity contribution in [3.05, 3.63) is 52.9 Å². The van der Waals surface area contributed by atoms with Crippen LogP contribution in [0.3, 0.4) is 0 Å². The zero-order valence-corrected chi connectivity index (χ0v) is 20.4. The Kier molecular flexibility index (Phi) is 6.39. The fraction of sp³-hybridized carbons (Fsp3) is 0.400. The first kappa shape index (κ1) is 23.8. The summed E-state index contributed by atoms with van der Waals surface area (Å²) >= 11 is 1.46. The van der Waals surface area contributed by atoms with Gasteiger partial charge in [0.05, 0.1) is 17.9 Å². The lowest BCUT2D eigenvalue weighted by atomic mass is 9.63. The molecule has 0 unspecified atom stereocenters. The number of nitriles is 1. The number of carbonyl (C=O) groups excluding carboxylic acids is 1. The number of aromatic nitrogens is 3. The smallest absolute Gasteiger partial charge is 0.309 e. The molecule has 2 N–H and O–H groups in total. The molecule has 1 aliphatic carbocycles. The van der Waals surface area contributed by atoms with Gasteiger partial charge in [-0.05, 0) is 60.9 Å². The number of carbonyl (C=O) groups is 1. The van der Waals surface area contributed by atoms with Crippen LogP contribution >= 0.6 is 11.3 Å². The first-order valence-corrected chi connectivity index (χ1v) is 11.8. The van der Waals surface area contributed by atoms with Gasteiger partial charge in [-0.15, -0.1) is 11.3 Å². The van der Waals surface area contributed by atoms with Crippen molar-refractivity contribution < 1.29 is 14.6 Å². The van der Waals surface area contributed by atoms with E-state index in [0.717, 1.165) is 21.7 Å². The highest BCUT2D eigenvalue weighted by atomic mass is 32.1. The first-order valence-electron chi connectivity index (χ1n) is 11.0. The van der Waals surface area contributed by atoms with E-state index < -0.39 is 11.0 Å². The van der Waals surface area contributed by atoms with Gasteiger partial charge in [0.15, 0.2) is 0 Å². The summed E-state index contributed by atoms with van der Waals surface area (Å²) in [6, 6.07) is 9.55. The fourth-order valence-electron chi connectivity index (χ4n) is 4.73. The van der Waals surface area contributed by atoms with E-state index in [9.17, 15) is 9.90 Å². The number of hydrogen-bond acceptors (Lipinski definition) is 9. The van der Waals surface area contributed by atoms with E-state index in [4.69, 9.17) is 10.00 Å². The standard InChI is InChI=1S/C25H27N5O3S/c1-15-9-16(11-18(10-15)30-23-27-8-6-17(12-26)29-23)20-13-28-22(34-20)25(32)7-5-19(21(31)33-4)24(2,3)14-25/h6,8-11,13,19,32H,5,7,14H2,1-4H3,(H,27,29,30)/t19-,25-/m1/s1. The Balaban J connectivity index is 1.58. The first-order chi connectivity index (χ1) is 16.1. The van der Waals surface area contributed by atoms with Crippen molar-refractivity contribution in [3.63, 3.8) is 0 Å². The lowest BCUT2D eigenvalue weighted by Crippen LogP contribution is -2.45. The van der Waals surface area contributed by atoms with Crippen molar-refractivity contribution >= 4 is 28.9 Å². The number of aryl methyl sites for hydroxylation is 1. The molecule has 0 amide bonds. The summed E-state index contributed by atoms with van der Waals surface area (Å²) in [4.78, 5) is 26.1. The Bertz CT molecular complexity index is 1270. The Hall–Kier alpha value is -3.35. The number of nitrogens with one attached hydrogen (secondary N) is 1. The van der Waals surface area contributed by atoms with Crippen molar-refractivity contribution in [1.29, 1.82) is 5.26 Å². The summed E-state index contributed by atoms with van der Waals surface area (Å²) in [6.07, 6.45) is 4.75. The predicted octanol–water partition coefficient (Wildman–Crippen LogP) is 4.71. The summed E-state index contributed by atoms with van der Waals surface area (Å²) in [5.41, 5.74) is 1.56. The van der Waals surface area contributed by atoms with Gasteiger partial charge >= 0.3 is 5.97 Å². The van der Waals surface area contributed by atoms with Crippen molar-refractivity contribution in [2.75, 3.05) is 12.4 Å². The molecular formula is C25H27N5O3S. The lowest BCUT2D eigenvalue weighted by Gasteiger charge is -2.44. The minimum absolute atomic E-state index is 0.226. The number of nitrogens with zero attached hydrogens (tertiary/aromatic N) is 4. The minimum Gasteiger partial charge on any atom is -0.469 e. The van der Waals surface area contributed by atoms with E-state index in [1.54, 1.807) is 12.3 Å². The normalized spacial score (nSPS) is 21.5. The van der Waals surface area contributed by atoms with E-state index in [1.807, 2.05) is 39.0 Å². The number of methoxy groups -OCH3 is 1. The van der Waals surface area contributed by atoms with Crippen molar-refractivity contribution in [2.24, 2.45) is 11.3 Å². The van der Waals surface area contributed by atoms with Gasteiger partial charge in [0.1, 0.15) is 22.4 Å². The lowest BCUT2D eigenvalue weighted by molar-refractivity contribution is -0.157. The topological polar surface area (TPSA) is 121 Å². The maximum atomic E-state index is 12.2. The number of rotatable bonds is 5. The largest absolute Gasteiger partial charge is 0.469 e. The van der Waals surface area contributed by atoms with Gasteiger partial charge in [-0.3, -0.25) is 4.79 Å². The highest BCUT2D eigenvalue weighted by Gasteiger charge is 2.49. The summed E-state index contributed by atoms with van der Waals surface area (Å²) < 4.78 is 4.97. The molecule has 1 saturated carbocycles. The van der Waals surface area contributed by atoms with Gasteiger partial charge < -0.3 is 15.2 Å². The highest BCUT2D eigenvalue weighted by Crippen LogP contribution is 2.51. The molecule has 0 saturated heterocycles. The molecule has 2 atom stereocenters. The van der Waals surface area contributed by atoms with Crippen molar-refractivity contribution in [3.8, 4) is 16.5 Å². The van der Waals surface area contributed by atoms with Gasteiger partial charge in [0.2, 0.25) is 5.95 Å². The van der Waals surface area contributed by atoms with Crippen LogP contribution in [-0.2, 0) is 15.1 Å². The zero-order chi connectivity index (χ0) is 24.5. The predicted molar refractivity (Wildman–Crippen MR) is 129 cm³/mol. The van der Waals surface area contributed by atoms with Gasteiger partial charge in [-0.2, -0.15) is 5.26 Å². The Morgan fingerprint density at radius 3 is 2.82 bits per heavy atom. The summed E-state index contributed by atoms with van der Waals surface area (Å²) in [5.74, 6) is -0.125. The molecule has 2 heterocycles. The van der Waals surface area contributed by atoms with E-state index in [-0.39, 0.29) is 17.6 Å². The summed E-state index contributed by atoms with van der Waals surface area (Å²) in [6.45, 7) is 5.98. The molecule has 4 rings (SSSR count). The summed E-state index contributed by atoms with van der Waals surface area (Å²) in [5, 5.41) is 24.4. The number of esters is 1. The maximum Gasteiger partial charge on any atom is 0.309 e. The van der Waals surface area contributed by atoms with Crippen LogP contribution in [0.1, 0.15) is 49.4 Å². The number of hydrogen-bond donors (Lipinski definition) is 2. The van der Waals surface area contributed by atoms with E-state index in [0.29, 0.717) is 30.2 Å². The van der Waals surface area contributed by atoms with Crippen LogP contribution in [0.2, 0.25) is 0 Å². The van der Waals surface area contributed by atoms with Crippen LogP contribution < -0.4 is 5.32 Å². The number of anilines is 2. The third-order valence-electron chi connectivity index (χ3n) is 6.32. The van der Waals surface area contributed by atoms with E-state index in [1.165, 1.54) is 24.6 Å². The van der Waals surface area contributed by atoms with Crippen LogP contribution in [0.15, 0.2) is 36.7 Å². The van der Waals surface area contributed by atoms with E-state index in [2.05, 4.69) is 26.3 Å². The molecule has 1 aliphatic rings. The third kappa shape index (κ3) is 4.79. The van der Waals surface area contributed by atoms with Crippen molar-refractivity contribution in [1.82, 2.24) is 15.0 Å². The number of thiazole rings is 1. The molecule has 0 spiro atoms. The van der Waals surface area contributed by atoms with Crippen LogP contribution in [-0.4, -0.2) is 33.1 Å². The molecule has 0 bridgehead atoms. The Labute approximate surface area is 202 Å². The molecule has 3 aromatic rings. The van der Waals surface area contributed by atoms with Crippen LogP contribution in [0.25, 0.3) is 10.4 Å². The third-order valence-corrected chi connectivity index (χ3v) is 7.56. The Morgan fingerprint density at radius 2 is 2.12 bits per heavy atom. The molecule has 8 nitrogen and oxygen atoms in total. The number of ether oxygens (including phenoxy) is 1. The number of aliphatic hydroxyl groups is 1. The quantitative estimate of drug-likeness (QED) is 0.507. The average Bonchev–Trinajstić information content (AvgIpc) is 3.29.